The molecular weight excluding hydrogens is 277 g/mol. The van der Waals surface area contributed by atoms with Crippen LogP contribution in [-0.4, -0.2) is 32.7 Å². The van der Waals surface area contributed by atoms with E-state index in [0.717, 1.165) is 0 Å². The first kappa shape index (κ1) is 14.7. The number of aromatic amines is 1. The van der Waals surface area contributed by atoms with Crippen molar-refractivity contribution in [1.29, 1.82) is 0 Å². The van der Waals surface area contributed by atoms with Gasteiger partial charge in [0.2, 0.25) is 0 Å². The summed E-state index contributed by atoms with van der Waals surface area (Å²) in [5.74, 6) is -2.09. The number of carbonyl (C=O) groups excluding carboxylic acids is 1. The van der Waals surface area contributed by atoms with Gasteiger partial charge in [-0.1, -0.05) is 0 Å². The molecule has 21 heavy (non-hydrogen) atoms. The monoisotopic (exact) mass is 291 g/mol. The number of rotatable bonds is 4. The third-order valence-corrected chi connectivity index (χ3v) is 2.92. The first-order chi connectivity index (χ1) is 9.79. The Morgan fingerprint density at radius 3 is 2.48 bits per heavy atom. The average molecular weight is 291 g/mol. The average Bonchev–Trinajstić information content (AvgIpc) is 2.88. The molecule has 0 unspecified atom stereocenters. The minimum Gasteiger partial charge on any atom is -0.480 e. The van der Waals surface area contributed by atoms with E-state index in [9.17, 15) is 14.0 Å². The molecule has 1 aromatic heterocycles. The van der Waals surface area contributed by atoms with E-state index in [1.165, 1.54) is 44.2 Å². The normalized spacial score (nSPS) is 11.2. The van der Waals surface area contributed by atoms with Gasteiger partial charge in [0.15, 0.2) is 0 Å². The number of aromatic nitrogens is 2. The second-order valence-corrected chi connectivity index (χ2v) is 5.06. The van der Waals surface area contributed by atoms with Crippen LogP contribution in [0.3, 0.4) is 0 Å². The number of carboxylic acids is 1. The van der Waals surface area contributed by atoms with Crippen molar-refractivity contribution in [2.24, 2.45) is 0 Å². The number of carboxylic acid groups (broad SMARTS) is 1. The van der Waals surface area contributed by atoms with Gasteiger partial charge in [-0.3, -0.25) is 9.89 Å². The van der Waals surface area contributed by atoms with Gasteiger partial charge >= 0.3 is 5.97 Å². The van der Waals surface area contributed by atoms with Crippen LogP contribution in [0.1, 0.15) is 24.3 Å². The quantitative estimate of drug-likeness (QED) is 0.800. The molecule has 7 heteroatoms. The van der Waals surface area contributed by atoms with Gasteiger partial charge in [0, 0.05) is 5.56 Å². The Kier molecular flexibility index (Phi) is 3.75. The number of benzene rings is 1. The number of carbonyl (C=O) groups is 2. The Hall–Kier alpha value is -2.70. The van der Waals surface area contributed by atoms with E-state index in [1.807, 2.05) is 0 Å². The predicted molar refractivity (Wildman–Crippen MR) is 73.2 cm³/mol. The molecule has 0 radical (unpaired) electrons. The van der Waals surface area contributed by atoms with Crippen molar-refractivity contribution in [1.82, 2.24) is 15.5 Å². The van der Waals surface area contributed by atoms with Crippen LogP contribution < -0.4 is 5.32 Å². The highest BCUT2D eigenvalue weighted by atomic mass is 19.1. The molecule has 2 rings (SSSR count). The van der Waals surface area contributed by atoms with Crippen LogP contribution in [0.15, 0.2) is 30.3 Å². The molecule has 0 fully saturated rings. The SMILES string of the molecule is CC(C)(NC(=O)c1cc(-c2ccc(F)cc2)n[nH]1)C(=O)O. The van der Waals surface area contributed by atoms with E-state index in [4.69, 9.17) is 5.11 Å². The second kappa shape index (κ2) is 5.35. The van der Waals surface area contributed by atoms with Crippen molar-refractivity contribution in [3.05, 3.63) is 41.8 Å². The third kappa shape index (κ3) is 3.25. The molecule has 0 bridgehead atoms. The fourth-order valence-electron chi connectivity index (χ4n) is 1.61. The van der Waals surface area contributed by atoms with Crippen LogP contribution in [-0.2, 0) is 4.79 Å². The second-order valence-electron chi connectivity index (χ2n) is 5.06. The van der Waals surface area contributed by atoms with E-state index in [0.29, 0.717) is 11.3 Å². The number of hydrogen-bond acceptors (Lipinski definition) is 3. The van der Waals surface area contributed by atoms with Crippen LogP contribution in [0.25, 0.3) is 11.3 Å². The molecule has 0 aliphatic rings. The lowest BCUT2D eigenvalue weighted by atomic mass is 10.1. The summed E-state index contributed by atoms with van der Waals surface area (Å²) in [6.45, 7) is 2.76. The zero-order valence-corrected chi connectivity index (χ0v) is 11.5. The molecule has 0 saturated heterocycles. The number of nitrogens with zero attached hydrogens (tertiary/aromatic N) is 1. The fraction of sp³-hybridized carbons (Fsp3) is 0.214. The summed E-state index contributed by atoms with van der Waals surface area (Å²) in [6, 6.07) is 7.12. The Labute approximate surface area is 120 Å². The van der Waals surface area contributed by atoms with Gasteiger partial charge in [0.05, 0.1) is 5.69 Å². The molecular formula is C14H14FN3O3. The molecule has 3 N–H and O–H groups in total. The summed E-state index contributed by atoms with van der Waals surface area (Å²) >= 11 is 0. The van der Waals surface area contributed by atoms with E-state index in [-0.39, 0.29) is 11.5 Å². The van der Waals surface area contributed by atoms with Crippen LogP contribution in [0.4, 0.5) is 4.39 Å². The van der Waals surface area contributed by atoms with Gasteiger partial charge in [-0.05, 0) is 44.2 Å². The molecule has 110 valence electrons. The van der Waals surface area contributed by atoms with Crippen LogP contribution in [0.2, 0.25) is 0 Å². The first-order valence-corrected chi connectivity index (χ1v) is 6.17. The lowest BCUT2D eigenvalue weighted by molar-refractivity contribution is -0.143. The van der Waals surface area contributed by atoms with Gasteiger partial charge in [0.1, 0.15) is 17.1 Å². The number of aliphatic carboxylic acids is 1. The Balaban J connectivity index is 2.18. The minimum atomic E-state index is -1.39. The van der Waals surface area contributed by atoms with Gasteiger partial charge < -0.3 is 10.4 Å². The topological polar surface area (TPSA) is 95.1 Å². The van der Waals surface area contributed by atoms with Crippen LogP contribution in [0.5, 0.6) is 0 Å². The minimum absolute atomic E-state index is 0.128. The Morgan fingerprint density at radius 1 is 1.29 bits per heavy atom. The molecule has 2 aromatic rings. The molecule has 0 aliphatic carbocycles. The highest BCUT2D eigenvalue weighted by Crippen LogP contribution is 2.18. The van der Waals surface area contributed by atoms with Crippen molar-refractivity contribution < 1.29 is 19.1 Å². The molecule has 1 heterocycles. The van der Waals surface area contributed by atoms with E-state index < -0.39 is 17.4 Å². The number of amides is 1. The van der Waals surface area contributed by atoms with E-state index >= 15 is 0 Å². The molecule has 0 spiro atoms. The number of nitrogens with one attached hydrogen (secondary N) is 2. The Morgan fingerprint density at radius 2 is 1.90 bits per heavy atom. The van der Waals surface area contributed by atoms with Gasteiger partial charge in [0.25, 0.3) is 5.91 Å². The summed E-state index contributed by atoms with van der Waals surface area (Å²) in [6.07, 6.45) is 0. The fourth-order valence-corrected chi connectivity index (χ4v) is 1.61. The summed E-state index contributed by atoms with van der Waals surface area (Å²) in [4.78, 5) is 22.9. The smallest absolute Gasteiger partial charge is 0.328 e. The first-order valence-electron chi connectivity index (χ1n) is 6.17. The molecule has 0 aliphatic heterocycles. The zero-order chi connectivity index (χ0) is 15.6. The van der Waals surface area contributed by atoms with Gasteiger partial charge in [-0.25, -0.2) is 9.18 Å². The van der Waals surface area contributed by atoms with Crippen molar-refractivity contribution in [2.45, 2.75) is 19.4 Å². The maximum absolute atomic E-state index is 12.8. The van der Waals surface area contributed by atoms with Crippen molar-refractivity contribution >= 4 is 11.9 Å². The lowest BCUT2D eigenvalue weighted by Crippen LogP contribution is -2.49. The number of halogens is 1. The van der Waals surface area contributed by atoms with E-state index in [1.54, 1.807) is 0 Å². The van der Waals surface area contributed by atoms with Gasteiger partial charge in [-0.2, -0.15) is 5.10 Å². The molecule has 6 nitrogen and oxygen atoms in total. The lowest BCUT2D eigenvalue weighted by Gasteiger charge is -2.20. The highest BCUT2D eigenvalue weighted by molar-refractivity contribution is 5.96. The molecule has 0 atom stereocenters. The van der Waals surface area contributed by atoms with Crippen LogP contribution in [0, 0.1) is 5.82 Å². The maximum atomic E-state index is 12.8. The summed E-state index contributed by atoms with van der Waals surface area (Å²) < 4.78 is 12.8. The predicted octanol–water partition coefficient (Wildman–Crippen LogP) is 1.81. The standard InChI is InChI=1S/C14H14FN3O3/c1-14(2,13(20)21)16-12(19)11-7-10(17-18-11)8-3-5-9(15)6-4-8/h3-7H,1-2H3,(H,16,19)(H,17,18)(H,20,21). The molecule has 0 saturated carbocycles. The number of H-pyrrole nitrogens is 1. The van der Waals surface area contributed by atoms with Crippen molar-refractivity contribution in [2.75, 3.05) is 0 Å². The molecule has 1 aromatic carbocycles. The summed E-state index contributed by atoms with van der Waals surface area (Å²) in [5.41, 5.74) is -0.153. The van der Waals surface area contributed by atoms with Gasteiger partial charge in [-0.15, -0.1) is 0 Å². The van der Waals surface area contributed by atoms with Crippen LogP contribution >= 0.6 is 0 Å². The van der Waals surface area contributed by atoms with E-state index in [2.05, 4.69) is 15.5 Å². The maximum Gasteiger partial charge on any atom is 0.328 e. The number of hydrogen-bond donors (Lipinski definition) is 3. The third-order valence-electron chi connectivity index (χ3n) is 2.92. The largest absolute Gasteiger partial charge is 0.480 e. The zero-order valence-electron chi connectivity index (χ0n) is 11.5. The van der Waals surface area contributed by atoms with Crippen molar-refractivity contribution in [3.63, 3.8) is 0 Å². The summed E-state index contributed by atoms with van der Waals surface area (Å²) in [5, 5.41) is 17.8. The Bertz CT molecular complexity index is 677. The highest BCUT2D eigenvalue weighted by Gasteiger charge is 2.29. The molecule has 1 amide bonds. The summed E-state index contributed by atoms with van der Waals surface area (Å²) in [7, 11) is 0. The van der Waals surface area contributed by atoms with Crippen molar-refractivity contribution in [3.8, 4) is 11.3 Å².